The maximum absolute atomic E-state index is 13.5. The number of carbonyl (C=O) groups is 13. The zero-order chi connectivity index (χ0) is 70.0. The molecule has 0 unspecified atom stereocenters. The van der Waals surface area contributed by atoms with Crippen LogP contribution in [0.2, 0.25) is 0 Å². The van der Waals surface area contributed by atoms with E-state index in [4.69, 9.17) is 29.8 Å². The van der Waals surface area contributed by atoms with Gasteiger partial charge in [-0.15, -0.1) is 0 Å². The third kappa shape index (κ3) is 42.0. The van der Waals surface area contributed by atoms with Gasteiger partial charge in [0.2, 0.25) is 29.7 Å². The van der Waals surface area contributed by atoms with Gasteiger partial charge in [-0.05, 0) is 64.3 Å². The van der Waals surface area contributed by atoms with E-state index in [0.717, 1.165) is 57.8 Å². The highest BCUT2D eigenvalue weighted by atomic mass is 16.5. The summed E-state index contributed by atoms with van der Waals surface area (Å²) >= 11 is 0. The Labute approximate surface area is 554 Å². The number of nitrogens with zero attached hydrogens (tertiary/aromatic N) is 2. The van der Waals surface area contributed by atoms with E-state index in [9.17, 15) is 82.8 Å². The van der Waals surface area contributed by atoms with Crippen molar-refractivity contribution in [1.29, 1.82) is 0 Å². The molecule has 1 saturated heterocycles. The number of hydrogen-bond donors (Lipinski definition) is 12. The first-order valence-corrected chi connectivity index (χ1v) is 33.5. The van der Waals surface area contributed by atoms with Crippen LogP contribution in [0.5, 0.6) is 0 Å². The summed E-state index contributed by atoms with van der Waals surface area (Å²) in [7, 11) is 0. The molecule has 1 aromatic rings. The first-order chi connectivity index (χ1) is 45.6. The molecule has 0 radical (unpaired) electrons. The van der Waals surface area contributed by atoms with Gasteiger partial charge in [-0.25, -0.2) is 14.6 Å². The van der Waals surface area contributed by atoms with Crippen molar-refractivity contribution in [3.63, 3.8) is 0 Å². The highest BCUT2D eigenvalue weighted by Crippen LogP contribution is 2.23. The number of carboxylic acid groups (broad SMARTS) is 5. The first kappa shape index (κ1) is 83.8. The number of aromatic nitrogens is 2. The standard InChI is InChI=1S/C64H105N9O22/c65-49(39-47-40-66-44-70-47)52(75)25-22-45(53(76)41-73-31-17-19-51(73)63(88)89)18-15-16-28-67-54(77)27-24-50(62(86)87)71-56(79)26-23-46(61(84)85)38-48(74)42-94-36-34-92-32-29-68-57(80)43-95-37-35-93-33-30-69-60(83)59(64(90)91)72-55(78)20-13-11-9-7-5-3-1-2-4-6-8-10-12-14-21-58(81)82/h40,44-46,49-51,59H,1-39,41-43,65H2,(H,66,70)(H,67,77)(H,68,80)(H,69,83)(H,71,79)(H,72,78)(H,81,82)(H,84,85)(H,86,87)(H,88,89)(H,90,91)/t45-,46-,49+,50+,51+,59+/m1/s1. The molecule has 1 fully saturated rings. The zero-order valence-electron chi connectivity index (χ0n) is 55.0. The molecule has 6 atom stereocenters. The molecule has 0 aromatic carbocycles. The van der Waals surface area contributed by atoms with E-state index in [0.29, 0.717) is 50.8 Å². The predicted molar refractivity (Wildman–Crippen MR) is 341 cm³/mol. The number of aromatic amines is 1. The smallest absolute Gasteiger partial charge is 0.336 e. The Bertz CT molecular complexity index is 2490. The number of carboxylic acids is 5. The van der Waals surface area contributed by atoms with Crippen molar-refractivity contribution in [1.82, 2.24) is 41.5 Å². The summed E-state index contributed by atoms with van der Waals surface area (Å²) in [6.45, 7) is 0.0737. The molecule has 5 amide bonds. The van der Waals surface area contributed by atoms with Gasteiger partial charge in [-0.3, -0.25) is 57.6 Å². The molecule has 0 spiro atoms. The maximum Gasteiger partial charge on any atom is 0.336 e. The minimum Gasteiger partial charge on any atom is -0.481 e. The summed E-state index contributed by atoms with van der Waals surface area (Å²) < 4.78 is 21.3. The van der Waals surface area contributed by atoms with Gasteiger partial charge in [0, 0.05) is 82.4 Å². The van der Waals surface area contributed by atoms with Crippen molar-refractivity contribution >= 4 is 76.7 Å². The van der Waals surface area contributed by atoms with Gasteiger partial charge in [-0.2, -0.15) is 0 Å². The third-order valence-corrected chi connectivity index (χ3v) is 16.0. The fraction of sp³-hybridized carbons (Fsp3) is 0.750. The number of amides is 5. The highest BCUT2D eigenvalue weighted by Gasteiger charge is 2.34. The number of nitrogens with two attached hydrogens (primary N) is 1. The van der Waals surface area contributed by atoms with Crippen LogP contribution < -0.4 is 32.3 Å². The number of carbonyl (C=O) groups excluding carboxylic acids is 8. The van der Waals surface area contributed by atoms with E-state index in [2.05, 4.69) is 36.6 Å². The lowest BCUT2D eigenvalue weighted by Gasteiger charge is -2.24. The molecule has 2 heterocycles. The van der Waals surface area contributed by atoms with Crippen LogP contribution in [0.25, 0.3) is 0 Å². The molecule has 31 heteroatoms. The summed E-state index contributed by atoms with van der Waals surface area (Å²) in [5.74, 6) is -12.0. The Morgan fingerprint density at radius 3 is 1.67 bits per heavy atom. The van der Waals surface area contributed by atoms with Gasteiger partial charge in [-0.1, -0.05) is 83.5 Å². The van der Waals surface area contributed by atoms with Crippen LogP contribution in [0.1, 0.15) is 185 Å². The van der Waals surface area contributed by atoms with Crippen LogP contribution in [-0.2, 0) is 87.7 Å². The largest absolute Gasteiger partial charge is 0.481 e. The van der Waals surface area contributed by atoms with Crippen molar-refractivity contribution in [2.75, 3.05) is 85.6 Å². The Morgan fingerprint density at radius 1 is 0.537 bits per heavy atom. The van der Waals surface area contributed by atoms with Gasteiger partial charge in [0.1, 0.15) is 36.9 Å². The molecule has 0 saturated carbocycles. The lowest BCUT2D eigenvalue weighted by molar-refractivity contribution is -0.147. The lowest BCUT2D eigenvalue weighted by atomic mass is 9.89. The van der Waals surface area contributed by atoms with Crippen LogP contribution >= 0.6 is 0 Å². The first-order valence-electron chi connectivity index (χ1n) is 33.5. The van der Waals surface area contributed by atoms with Crippen LogP contribution in [0.3, 0.4) is 0 Å². The topological polar surface area (TPSA) is 478 Å². The van der Waals surface area contributed by atoms with E-state index < -0.39 is 121 Å². The Balaban J connectivity index is 1.52. The number of ketones is 3. The molecule has 2 rings (SSSR count). The number of ether oxygens (including phenoxy) is 4. The van der Waals surface area contributed by atoms with Gasteiger partial charge >= 0.3 is 29.8 Å². The predicted octanol–water partition coefficient (Wildman–Crippen LogP) is 2.63. The summed E-state index contributed by atoms with van der Waals surface area (Å²) in [6, 6.07) is -4.80. The number of aliphatic carboxylic acids is 5. The zero-order valence-corrected chi connectivity index (χ0v) is 55.0. The molecular formula is C64H105N9O22. The van der Waals surface area contributed by atoms with Crippen molar-refractivity contribution in [3.05, 3.63) is 18.2 Å². The molecule has 31 nitrogen and oxygen atoms in total. The molecule has 1 aromatic heterocycles. The summed E-state index contributed by atoms with van der Waals surface area (Å²) in [6.07, 6.45) is 18.8. The minimum absolute atomic E-state index is 0.00725. The Hall–Kier alpha value is -7.32. The Morgan fingerprint density at radius 2 is 1.09 bits per heavy atom. The molecule has 13 N–H and O–H groups in total. The quantitative estimate of drug-likeness (QED) is 0.0329. The fourth-order valence-electron chi connectivity index (χ4n) is 10.5. The fourth-order valence-corrected chi connectivity index (χ4v) is 10.5. The second kappa shape index (κ2) is 51.9. The van der Waals surface area contributed by atoms with Crippen molar-refractivity contribution in [2.45, 2.75) is 210 Å². The van der Waals surface area contributed by atoms with Crippen molar-refractivity contribution in [3.8, 4) is 0 Å². The van der Waals surface area contributed by atoms with E-state index in [-0.39, 0.29) is 135 Å². The number of nitrogens with one attached hydrogen (secondary N) is 6. The van der Waals surface area contributed by atoms with Crippen molar-refractivity contribution < 1.29 is 107 Å². The monoisotopic (exact) mass is 1350 g/mol. The molecule has 0 aliphatic carbocycles. The number of Topliss-reactive ketones (excluding diaryl/α,β-unsaturated/α-hetero) is 3. The average Bonchev–Trinajstić information content (AvgIpc) is 1.80. The van der Waals surface area contributed by atoms with Gasteiger partial charge in [0.05, 0.1) is 64.5 Å². The second-order valence-electron chi connectivity index (χ2n) is 23.8. The minimum atomic E-state index is -1.75. The number of H-pyrrole nitrogens is 1. The molecule has 95 heavy (non-hydrogen) atoms. The summed E-state index contributed by atoms with van der Waals surface area (Å²) in [4.78, 5) is 168. The van der Waals surface area contributed by atoms with E-state index in [1.54, 1.807) is 11.1 Å². The van der Waals surface area contributed by atoms with Crippen molar-refractivity contribution in [2.24, 2.45) is 17.6 Å². The second-order valence-corrected chi connectivity index (χ2v) is 23.8. The van der Waals surface area contributed by atoms with Crippen LogP contribution in [0.4, 0.5) is 0 Å². The SMILES string of the molecule is N[C@@H](Cc1cnc[nH]1)C(=O)CC[C@@H](CCCCNC(=O)CC[C@H](NC(=O)CC[C@H](CC(=O)COCCOCCNC(=O)COCCOCCNC(=O)[C@H](NC(=O)CCCCCCCCCCCCCCCCC(=O)O)C(=O)O)C(=O)O)C(=O)O)C(=O)CN1CCC[C@H]1C(=O)O. The van der Waals surface area contributed by atoms with E-state index in [1.807, 2.05) is 0 Å². The molecule has 1 aliphatic heterocycles. The Kier molecular flexibility index (Phi) is 45.8. The number of hydrogen-bond acceptors (Lipinski definition) is 20. The van der Waals surface area contributed by atoms with Gasteiger partial charge in [0.25, 0.3) is 5.91 Å². The highest BCUT2D eigenvalue weighted by molar-refractivity contribution is 6.04. The summed E-state index contributed by atoms with van der Waals surface area (Å²) in [5.41, 5.74) is 6.81. The maximum atomic E-state index is 13.5. The molecule has 1 aliphatic rings. The van der Waals surface area contributed by atoms with Gasteiger partial charge in [0.15, 0.2) is 5.78 Å². The normalized spacial score (nSPS) is 14.6. The van der Waals surface area contributed by atoms with Crippen LogP contribution in [0, 0.1) is 11.8 Å². The van der Waals surface area contributed by atoms with E-state index in [1.165, 1.54) is 32.0 Å². The number of likely N-dealkylation sites (tertiary alicyclic amines) is 1. The lowest BCUT2D eigenvalue weighted by Crippen LogP contribution is -2.51. The number of unbranched alkanes of at least 4 members (excludes halogenated alkanes) is 14. The van der Waals surface area contributed by atoms with E-state index >= 15 is 0 Å². The van der Waals surface area contributed by atoms with Gasteiger partial charge < -0.3 is 81.8 Å². The third-order valence-electron chi connectivity index (χ3n) is 16.0. The number of imidazole rings is 1. The average molecular weight is 1350 g/mol. The van der Waals surface area contributed by atoms with Crippen LogP contribution in [0.15, 0.2) is 12.5 Å². The molecule has 538 valence electrons. The summed E-state index contributed by atoms with van der Waals surface area (Å²) in [5, 5.41) is 59.5. The molecular weight excluding hydrogens is 1250 g/mol. The number of rotatable bonds is 62. The molecule has 0 bridgehead atoms. The van der Waals surface area contributed by atoms with Crippen LogP contribution in [-0.4, -0.2) is 227 Å².